The number of amides is 1. The molecule has 0 aliphatic carbocycles. The van der Waals surface area contributed by atoms with Crippen LogP contribution in [0.5, 0.6) is 0 Å². The summed E-state index contributed by atoms with van der Waals surface area (Å²) in [4.78, 5) is 25.7. The molecule has 2 saturated heterocycles. The third-order valence-corrected chi connectivity index (χ3v) is 5.91. The van der Waals surface area contributed by atoms with Crippen LogP contribution in [0.1, 0.15) is 33.6 Å². The van der Waals surface area contributed by atoms with Crippen molar-refractivity contribution in [3.63, 3.8) is 0 Å². The molecule has 21 heavy (non-hydrogen) atoms. The molecule has 8 heteroatoms. The summed E-state index contributed by atoms with van der Waals surface area (Å²) in [6.45, 7) is 6.01. The first kappa shape index (κ1) is 16.2. The highest BCUT2D eigenvalue weighted by Crippen LogP contribution is 2.36. The Hall–Kier alpha value is -1.15. The average Bonchev–Trinajstić information content (AvgIpc) is 2.49. The lowest BCUT2D eigenvalue weighted by atomic mass is 9.84. The fraction of sp³-hybridized carbons (Fsp3) is 0.846. The van der Waals surface area contributed by atoms with Crippen LogP contribution in [-0.2, 0) is 19.6 Å². The van der Waals surface area contributed by atoms with Crippen LogP contribution in [0.3, 0.4) is 0 Å². The van der Waals surface area contributed by atoms with Crippen molar-refractivity contribution in [2.75, 3.05) is 25.9 Å². The first-order valence-electron chi connectivity index (χ1n) is 6.96. The standard InChI is InChI=1S/C13H22N2O5S/c1-12(2,3)20-11(17)15-7-5-13(6-8-15)10(16)9-21(18,19)14(13)4/h5-9H2,1-4H3. The van der Waals surface area contributed by atoms with E-state index in [1.165, 1.54) is 16.3 Å². The molecule has 120 valence electrons. The lowest BCUT2D eigenvalue weighted by Gasteiger charge is -2.41. The third kappa shape index (κ3) is 2.91. The largest absolute Gasteiger partial charge is 0.444 e. The Bertz CT molecular complexity index is 556. The molecular weight excluding hydrogens is 296 g/mol. The first-order valence-corrected chi connectivity index (χ1v) is 8.57. The fourth-order valence-corrected chi connectivity index (χ4v) is 4.43. The molecule has 2 fully saturated rings. The van der Waals surface area contributed by atoms with Crippen molar-refractivity contribution in [2.24, 2.45) is 0 Å². The first-order chi connectivity index (χ1) is 9.48. The maximum absolute atomic E-state index is 12.1. The highest BCUT2D eigenvalue weighted by Gasteiger charge is 2.55. The lowest BCUT2D eigenvalue weighted by molar-refractivity contribution is -0.126. The summed E-state index contributed by atoms with van der Waals surface area (Å²) in [5, 5.41) is 0. The Morgan fingerprint density at radius 3 is 2.14 bits per heavy atom. The molecule has 0 saturated carbocycles. The van der Waals surface area contributed by atoms with Gasteiger partial charge in [-0.2, -0.15) is 4.31 Å². The summed E-state index contributed by atoms with van der Waals surface area (Å²) in [5.74, 6) is -0.704. The number of hydrogen-bond donors (Lipinski definition) is 0. The summed E-state index contributed by atoms with van der Waals surface area (Å²) < 4.78 is 30.2. The second-order valence-corrected chi connectivity index (χ2v) is 8.65. The fourth-order valence-electron chi connectivity index (χ4n) is 2.82. The number of carbonyl (C=O) groups excluding carboxylic acids is 2. The Labute approximate surface area is 125 Å². The van der Waals surface area contributed by atoms with E-state index in [0.717, 1.165) is 0 Å². The number of ether oxygens (including phenoxy) is 1. The van der Waals surface area contributed by atoms with Crippen LogP contribution in [0.4, 0.5) is 4.79 Å². The van der Waals surface area contributed by atoms with Gasteiger partial charge in [-0.05, 0) is 33.6 Å². The Kier molecular flexibility index (Phi) is 3.82. The Morgan fingerprint density at radius 2 is 1.76 bits per heavy atom. The van der Waals surface area contributed by atoms with Crippen LogP contribution >= 0.6 is 0 Å². The topological polar surface area (TPSA) is 84.0 Å². The zero-order valence-corrected chi connectivity index (χ0v) is 13.7. The van der Waals surface area contributed by atoms with Gasteiger partial charge in [-0.15, -0.1) is 0 Å². The number of piperidine rings is 1. The molecule has 0 N–H and O–H groups in total. The predicted octanol–water partition coefficient (Wildman–Crippen LogP) is 0.600. The molecule has 1 amide bonds. The number of rotatable bonds is 0. The quantitative estimate of drug-likeness (QED) is 0.653. The number of hydrogen-bond acceptors (Lipinski definition) is 5. The van der Waals surface area contributed by atoms with Crippen molar-refractivity contribution >= 4 is 21.9 Å². The second kappa shape index (κ2) is 4.95. The number of likely N-dealkylation sites (N-methyl/N-ethyl adjacent to an activating group) is 1. The summed E-state index contributed by atoms with van der Waals surface area (Å²) in [6, 6.07) is 0. The third-order valence-electron chi connectivity index (χ3n) is 4.09. The zero-order chi connectivity index (χ0) is 16.1. The number of carbonyl (C=O) groups is 2. The lowest BCUT2D eigenvalue weighted by Crippen LogP contribution is -2.56. The second-order valence-electron chi connectivity index (χ2n) is 6.65. The van der Waals surface area contributed by atoms with E-state index >= 15 is 0 Å². The minimum Gasteiger partial charge on any atom is -0.444 e. The van der Waals surface area contributed by atoms with E-state index in [1.807, 2.05) is 0 Å². The predicted molar refractivity (Wildman–Crippen MR) is 76.3 cm³/mol. The van der Waals surface area contributed by atoms with Gasteiger partial charge in [0.05, 0.1) is 5.54 Å². The Balaban J connectivity index is 2.07. The number of sulfonamides is 1. The number of nitrogens with zero attached hydrogens (tertiary/aromatic N) is 2. The molecule has 0 aromatic heterocycles. The van der Waals surface area contributed by atoms with Crippen molar-refractivity contribution < 1.29 is 22.7 Å². The van der Waals surface area contributed by atoms with Crippen LogP contribution in [0.25, 0.3) is 0 Å². The van der Waals surface area contributed by atoms with Crippen molar-refractivity contribution in [3.8, 4) is 0 Å². The van der Waals surface area contributed by atoms with Gasteiger partial charge in [0, 0.05) is 20.1 Å². The van der Waals surface area contributed by atoms with E-state index in [9.17, 15) is 18.0 Å². The summed E-state index contributed by atoms with van der Waals surface area (Å²) in [6.07, 6.45) is 0.218. The van der Waals surface area contributed by atoms with E-state index in [0.29, 0.717) is 25.9 Å². The van der Waals surface area contributed by atoms with Gasteiger partial charge in [0.25, 0.3) is 0 Å². The molecule has 0 aromatic rings. The number of likely N-dealkylation sites (tertiary alicyclic amines) is 1. The maximum atomic E-state index is 12.1. The van der Waals surface area contributed by atoms with Gasteiger partial charge in [0.15, 0.2) is 5.78 Å². The molecule has 0 atom stereocenters. The van der Waals surface area contributed by atoms with Crippen LogP contribution in [0.15, 0.2) is 0 Å². The summed E-state index contributed by atoms with van der Waals surface area (Å²) in [7, 11) is -2.05. The van der Waals surface area contributed by atoms with E-state index < -0.39 is 33.0 Å². The van der Waals surface area contributed by atoms with Crippen LogP contribution < -0.4 is 0 Å². The van der Waals surface area contributed by atoms with Gasteiger partial charge in [-0.3, -0.25) is 4.79 Å². The van der Waals surface area contributed by atoms with Crippen molar-refractivity contribution in [2.45, 2.75) is 44.8 Å². The molecule has 0 unspecified atom stereocenters. The van der Waals surface area contributed by atoms with E-state index in [4.69, 9.17) is 4.74 Å². The molecule has 0 aromatic carbocycles. The van der Waals surface area contributed by atoms with Crippen LogP contribution in [0, 0.1) is 0 Å². The smallest absolute Gasteiger partial charge is 0.410 e. The highest BCUT2D eigenvalue weighted by atomic mass is 32.2. The van der Waals surface area contributed by atoms with Crippen molar-refractivity contribution in [3.05, 3.63) is 0 Å². The molecule has 0 bridgehead atoms. The number of Topliss-reactive ketones (excluding diaryl/α,β-unsaturated/α-hetero) is 1. The normalized spacial score (nSPS) is 25.3. The van der Waals surface area contributed by atoms with Crippen LogP contribution in [0.2, 0.25) is 0 Å². The molecule has 0 radical (unpaired) electrons. The monoisotopic (exact) mass is 318 g/mol. The van der Waals surface area contributed by atoms with Gasteiger partial charge in [0.2, 0.25) is 10.0 Å². The van der Waals surface area contributed by atoms with E-state index in [1.54, 1.807) is 20.8 Å². The van der Waals surface area contributed by atoms with Gasteiger partial charge in [-0.1, -0.05) is 0 Å². The molecule has 2 rings (SSSR count). The van der Waals surface area contributed by atoms with Gasteiger partial charge < -0.3 is 9.64 Å². The van der Waals surface area contributed by atoms with Gasteiger partial charge in [-0.25, -0.2) is 13.2 Å². The molecule has 2 aliphatic heterocycles. The van der Waals surface area contributed by atoms with Crippen molar-refractivity contribution in [1.29, 1.82) is 0 Å². The molecule has 1 spiro atoms. The molecule has 2 aliphatic rings. The molecule has 2 heterocycles. The molecule has 7 nitrogen and oxygen atoms in total. The average molecular weight is 318 g/mol. The SMILES string of the molecule is CN1C2(CCN(C(=O)OC(C)(C)C)CC2)C(=O)CS1(=O)=O. The maximum Gasteiger partial charge on any atom is 0.410 e. The van der Waals surface area contributed by atoms with Crippen molar-refractivity contribution in [1.82, 2.24) is 9.21 Å². The Morgan fingerprint density at radius 1 is 1.24 bits per heavy atom. The minimum atomic E-state index is -3.50. The highest BCUT2D eigenvalue weighted by molar-refractivity contribution is 7.90. The molecular formula is C13H22N2O5S. The summed E-state index contributed by atoms with van der Waals surface area (Å²) in [5.41, 5.74) is -1.55. The zero-order valence-electron chi connectivity index (χ0n) is 12.9. The van der Waals surface area contributed by atoms with E-state index in [2.05, 4.69) is 0 Å². The number of ketones is 1. The van der Waals surface area contributed by atoms with E-state index in [-0.39, 0.29) is 5.78 Å². The van der Waals surface area contributed by atoms with Gasteiger partial charge >= 0.3 is 6.09 Å². The van der Waals surface area contributed by atoms with Gasteiger partial charge in [0.1, 0.15) is 11.4 Å². The van der Waals surface area contributed by atoms with Crippen LogP contribution in [-0.4, -0.2) is 66.5 Å². The minimum absolute atomic E-state index is 0.270. The summed E-state index contributed by atoms with van der Waals surface area (Å²) >= 11 is 0.